The molecule has 0 spiro atoms. The Morgan fingerprint density at radius 1 is 0.382 bits per heavy atom. The number of hydrogen-bond donors (Lipinski definition) is 0. The Morgan fingerprint density at radius 3 is 1.76 bits per heavy atom. The van der Waals surface area contributed by atoms with E-state index in [2.05, 4.69) is 244 Å². The van der Waals surface area contributed by atoms with Crippen LogP contribution in [0.4, 0.5) is 17.1 Å². The van der Waals surface area contributed by atoms with Gasteiger partial charge in [-0.25, -0.2) is 4.98 Å². The summed E-state index contributed by atoms with van der Waals surface area (Å²) in [6, 6.07) is 86.8. The third-order valence-corrected chi connectivity index (χ3v) is 13.7. The minimum atomic E-state index is 0.899. The van der Waals surface area contributed by atoms with E-state index >= 15 is 0 Å². The van der Waals surface area contributed by atoms with Gasteiger partial charge in [0.2, 0.25) is 0 Å². The zero-order valence-corrected chi connectivity index (χ0v) is 36.8. The van der Waals surface area contributed by atoms with Crippen LogP contribution in [0.15, 0.2) is 247 Å². The Labute approximate surface area is 391 Å². The van der Waals surface area contributed by atoms with Crippen molar-refractivity contribution in [1.29, 1.82) is 0 Å². The van der Waals surface area contributed by atoms with E-state index < -0.39 is 0 Å². The van der Waals surface area contributed by atoms with Crippen molar-refractivity contribution < 1.29 is 4.42 Å². The van der Waals surface area contributed by atoms with Gasteiger partial charge in [-0.15, -0.1) is 0 Å². The number of rotatable bonds is 7. The van der Waals surface area contributed by atoms with Crippen LogP contribution in [0.5, 0.6) is 0 Å². The van der Waals surface area contributed by atoms with E-state index in [0.29, 0.717) is 0 Å². The molecule has 0 unspecified atom stereocenters. The fourth-order valence-electron chi connectivity index (χ4n) is 10.6. The topological polar surface area (TPSA) is 38.6 Å². The molecular formula is C63H40N4O. The molecule has 0 atom stereocenters. The summed E-state index contributed by atoms with van der Waals surface area (Å²) in [5.41, 5.74) is 18.2. The summed E-state index contributed by atoms with van der Waals surface area (Å²) in [5.74, 6) is 0. The molecule has 0 saturated heterocycles. The molecule has 14 aromatic rings. The van der Waals surface area contributed by atoms with Crippen molar-refractivity contribution >= 4 is 88.4 Å². The minimum Gasteiger partial charge on any atom is -0.455 e. The fourth-order valence-corrected chi connectivity index (χ4v) is 10.6. The van der Waals surface area contributed by atoms with Gasteiger partial charge in [-0.2, -0.15) is 0 Å². The standard InChI is InChI=1S/C63H40N4O/c1-3-16-42(17-4-1)48-20-9-12-27-56(48)65(47-37-32-43(33-38-47)49-25-15-26-52-51-22-11-14-29-59(51)68-61(49)52)46-35-30-41(31-36-46)44-34-39-58-55(40-44)50-21-7-8-23-53(50)62-64-60-54-24-10-13-28-57(54)66(63(60)67(58)62)45-18-5-2-6-19-45/h1-40H. The maximum absolute atomic E-state index is 6.46. The number of anilines is 3. The van der Waals surface area contributed by atoms with Crippen LogP contribution in [0.25, 0.3) is 110 Å². The van der Waals surface area contributed by atoms with Gasteiger partial charge in [0.15, 0.2) is 5.65 Å². The van der Waals surface area contributed by atoms with E-state index in [-0.39, 0.29) is 0 Å². The largest absolute Gasteiger partial charge is 0.455 e. The van der Waals surface area contributed by atoms with E-state index in [1.165, 1.54) is 10.8 Å². The zero-order valence-electron chi connectivity index (χ0n) is 36.8. The normalized spacial score (nSPS) is 11.8. The van der Waals surface area contributed by atoms with Crippen LogP contribution in [-0.4, -0.2) is 14.0 Å². The third kappa shape index (κ3) is 5.86. The number of para-hydroxylation sites is 5. The lowest BCUT2D eigenvalue weighted by molar-refractivity contribution is 0.670. The Morgan fingerprint density at radius 2 is 0.971 bits per heavy atom. The van der Waals surface area contributed by atoms with Gasteiger partial charge in [0.25, 0.3) is 0 Å². The Bertz CT molecular complexity index is 4240. The van der Waals surface area contributed by atoms with E-state index in [1.54, 1.807) is 0 Å². The summed E-state index contributed by atoms with van der Waals surface area (Å²) in [5, 5.41) is 6.88. The van der Waals surface area contributed by atoms with Crippen LogP contribution in [-0.2, 0) is 0 Å². The van der Waals surface area contributed by atoms with Crippen molar-refractivity contribution in [2.24, 2.45) is 0 Å². The molecule has 5 nitrogen and oxygen atoms in total. The first-order valence-corrected chi connectivity index (χ1v) is 23.1. The van der Waals surface area contributed by atoms with Gasteiger partial charge in [0, 0.05) is 55.1 Å². The van der Waals surface area contributed by atoms with Crippen molar-refractivity contribution in [2.45, 2.75) is 0 Å². The number of nitrogens with zero attached hydrogens (tertiary/aromatic N) is 4. The lowest BCUT2D eigenvalue weighted by atomic mass is 9.98. The second kappa shape index (κ2) is 15.2. The van der Waals surface area contributed by atoms with Crippen LogP contribution in [0.1, 0.15) is 0 Å². The second-order valence-corrected chi connectivity index (χ2v) is 17.5. The summed E-state index contributed by atoms with van der Waals surface area (Å²) in [7, 11) is 0. The summed E-state index contributed by atoms with van der Waals surface area (Å²) in [6.45, 7) is 0. The summed E-state index contributed by atoms with van der Waals surface area (Å²) >= 11 is 0. The molecule has 0 aliphatic carbocycles. The van der Waals surface area contributed by atoms with Crippen molar-refractivity contribution in [1.82, 2.24) is 14.0 Å². The average molecular weight is 869 g/mol. The maximum atomic E-state index is 6.46. The van der Waals surface area contributed by atoms with E-state index in [9.17, 15) is 0 Å². The molecule has 0 fully saturated rings. The maximum Gasteiger partial charge on any atom is 0.151 e. The number of benzene rings is 10. The van der Waals surface area contributed by atoms with Gasteiger partial charge in [-0.3, -0.25) is 8.97 Å². The number of imidazole rings is 1. The molecule has 0 N–H and O–H groups in total. The van der Waals surface area contributed by atoms with Crippen molar-refractivity contribution in [3.05, 3.63) is 243 Å². The van der Waals surface area contributed by atoms with Gasteiger partial charge in [-0.05, 0) is 94.4 Å². The molecular weight excluding hydrogens is 829 g/mol. The zero-order chi connectivity index (χ0) is 44.7. The summed E-state index contributed by atoms with van der Waals surface area (Å²) < 4.78 is 11.2. The minimum absolute atomic E-state index is 0.899. The molecule has 14 rings (SSSR count). The first-order chi connectivity index (χ1) is 33.7. The smallest absolute Gasteiger partial charge is 0.151 e. The van der Waals surface area contributed by atoms with Crippen molar-refractivity contribution in [3.63, 3.8) is 0 Å². The lowest BCUT2D eigenvalue weighted by Crippen LogP contribution is -2.11. The fraction of sp³-hybridized carbons (Fsp3) is 0. The highest BCUT2D eigenvalue weighted by Crippen LogP contribution is 2.44. The molecule has 0 bridgehead atoms. The van der Waals surface area contributed by atoms with Crippen LogP contribution >= 0.6 is 0 Å². The van der Waals surface area contributed by atoms with Gasteiger partial charge in [0.1, 0.15) is 22.3 Å². The van der Waals surface area contributed by atoms with Crippen LogP contribution in [0.3, 0.4) is 0 Å². The molecule has 0 aliphatic rings. The molecule has 4 aromatic heterocycles. The van der Waals surface area contributed by atoms with E-state index in [1.807, 2.05) is 12.1 Å². The molecule has 4 heterocycles. The molecule has 5 heteroatoms. The van der Waals surface area contributed by atoms with Gasteiger partial charge in [0.05, 0.1) is 16.7 Å². The first kappa shape index (κ1) is 38.1. The lowest BCUT2D eigenvalue weighted by Gasteiger charge is -2.28. The SMILES string of the molecule is c1ccc(-c2ccccc2N(c2ccc(-c3ccc4c(c3)c3ccccc3c3nc5c6ccccc6n(-c6ccccc6)c5n43)cc2)c2ccc(-c3cccc4c3oc3ccccc34)cc2)cc1. The average Bonchev–Trinajstić information content (AvgIpc) is 4.09. The predicted octanol–water partition coefficient (Wildman–Crippen LogP) is 17.1. The number of pyridine rings is 1. The number of aromatic nitrogens is 3. The molecule has 0 radical (unpaired) electrons. The number of fused-ring (bicyclic) bond motifs is 13. The quantitative estimate of drug-likeness (QED) is 0.150. The third-order valence-electron chi connectivity index (χ3n) is 13.7. The number of hydrogen-bond acceptors (Lipinski definition) is 3. The number of furan rings is 1. The second-order valence-electron chi connectivity index (χ2n) is 17.5. The monoisotopic (exact) mass is 868 g/mol. The molecule has 318 valence electrons. The predicted molar refractivity (Wildman–Crippen MR) is 283 cm³/mol. The van der Waals surface area contributed by atoms with Crippen LogP contribution in [0, 0.1) is 0 Å². The first-order valence-electron chi connectivity index (χ1n) is 23.1. The van der Waals surface area contributed by atoms with Gasteiger partial charge in [-0.1, -0.05) is 176 Å². The van der Waals surface area contributed by atoms with Gasteiger partial charge >= 0.3 is 0 Å². The molecule has 0 aliphatic heterocycles. The molecule has 10 aromatic carbocycles. The Kier molecular flexibility index (Phi) is 8.52. The van der Waals surface area contributed by atoms with Crippen molar-refractivity contribution in [2.75, 3.05) is 4.90 Å². The van der Waals surface area contributed by atoms with E-state index in [4.69, 9.17) is 9.40 Å². The van der Waals surface area contributed by atoms with Gasteiger partial charge < -0.3 is 9.32 Å². The highest BCUT2D eigenvalue weighted by Gasteiger charge is 2.23. The Hall–Kier alpha value is -9.19. The molecule has 0 amide bonds. The summed E-state index contributed by atoms with van der Waals surface area (Å²) in [4.78, 5) is 7.80. The van der Waals surface area contributed by atoms with Crippen LogP contribution < -0.4 is 4.90 Å². The highest BCUT2D eigenvalue weighted by atomic mass is 16.3. The highest BCUT2D eigenvalue weighted by molar-refractivity contribution is 6.17. The van der Waals surface area contributed by atoms with Crippen molar-refractivity contribution in [3.8, 4) is 39.1 Å². The van der Waals surface area contributed by atoms with Crippen LogP contribution in [0.2, 0.25) is 0 Å². The summed E-state index contributed by atoms with van der Waals surface area (Å²) in [6.07, 6.45) is 0. The Balaban J connectivity index is 0.910. The molecule has 0 saturated carbocycles. The van der Waals surface area contributed by atoms with E-state index in [0.717, 1.165) is 117 Å². The molecule has 68 heavy (non-hydrogen) atoms.